The van der Waals surface area contributed by atoms with Gasteiger partial charge in [-0.1, -0.05) is 12.2 Å². The van der Waals surface area contributed by atoms with Crippen molar-refractivity contribution >= 4 is 6.34 Å². The molecule has 1 N–H and O–H groups in total. The molecule has 12 heavy (non-hydrogen) atoms. The van der Waals surface area contributed by atoms with E-state index < -0.39 is 6.10 Å². The van der Waals surface area contributed by atoms with E-state index in [1.807, 2.05) is 24.2 Å². The van der Waals surface area contributed by atoms with Crippen molar-refractivity contribution in [3.05, 3.63) is 24.9 Å². The highest BCUT2D eigenvalue weighted by atomic mass is 16.3. The van der Waals surface area contributed by atoms with Crippen LogP contribution in [0.25, 0.3) is 0 Å². The first-order valence-corrected chi connectivity index (χ1v) is 3.82. The highest BCUT2D eigenvalue weighted by Crippen LogP contribution is 1.93. The lowest BCUT2D eigenvalue weighted by Crippen LogP contribution is -2.07. The van der Waals surface area contributed by atoms with Crippen molar-refractivity contribution in [1.82, 2.24) is 4.90 Å². The highest BCUT2D eigenvalue weighted by Gasteiger charge is 1.91. The number of nitrogens with zero attached hydrogens (tertiary/aromatic N) is 2. The maximum atomic E-state index is 9.08. The van der Waals surface area contributed by atoms with Crippen molar-refractivity contribution in [1.29, 1.82) is 0 Å². The number of aliphatic hydroxyl groups is 1. The lowest BCUT2D eigenvalue weighted by molar-refractivity contribution is 0.227. The second-order valence-electron chi connectivity index (χ2n) is 2.46. The van der Waals surface area contributed by atoms with Gasteiger partial charge in [-0.3, -0.25) is 4.99 Å². The van der Waals surface area contributed by atoms with E-state index in [1.165, 1.54) is 6.08 Å². The zero-order valence-electron chi connectivity index (χ0n) is 7.64. The van der Waals surface area contributed by atoms with Gasteiger partial charge < -0.3 is 10.0 Å². The molecule has 3 nitrogen and oxygen atoms in total. The molecule has 0 aliphatic carbocycles. The van der Waals surface area contributed by atoms with Gasteiger partial charge in [0.1, 0.15) is 0 Å². The Balaban J connectivity index is 3.67. The Morgan fingerprint density at radius 1 is 1.67 bits per heavy atom. The average Bonchev–Trinajstić information content (AvgIpc) is 2.04. The first-order chi connectivity index (χ1) is 5.70. The fourth-order valence-electron chi connectivity index (χ4n) is 0.683. The third kappa shape index (κ3) is 5.68. The van der Waals surface area contributed by atoms with Crippen LogP contribution in [-0.2, 0) is 0 Å². The Bertz CT molecular complexity index is 175. The molecule has 1 unspecified atom stereocenters. The summed E-state index contributed by atoms with van der Waals surface area (Å²) in [6, 6.07) is 0. The molecule has 0 aromatic rings. The molecule has 0 amide bonds. The summed E-state index contributed by atoms with van der Waals surface area (Å²) in [5, 5.41) is 9.08. The van der Waals surface area contributed by atoms with Crippen molar-refractivity contribution in [2.45, 2.75) is 12.5 Å². The number of hydrogen-bond acceptors (Lipinski definition) is 2. The van der Waals surface area contributed by atoms with Gasteiger partial charge in [-0.15, -0.1) is 6.58 Å². The van der Waals surface area contributed by atoms with Crippen LogP contribution in [-0.4, -0.2) is 36.5 Å². The molecule has 0 saturated heterocycles. The van der Waals surface area contributed by atoms with Gasteiger partial charge in [0, 0.05) is 20.3 Å². The third-order valence-electron chi connectivity index (χ3n) is 1.29. The molecule has 0 rings (SSSR count). The molecule has 1 atom stereocenters. The summed E-state index contributed by atoms with van der Waals surface area (Å²) >= 11 is 0. The minimum absolute atomic E-state index is 0.451. The van der Waals surface area contributed by atoms with Gasteiger partial charge in [-0.2, -0.15) is 0 Å². The summed E-state index contributed by atoms with van der Waals surface area (Å²) < 4.78 is 0. The van der Waals surface area contributed by atoms with Crippen LogP contribution in [0.15, 0.2) is 29.9 Å². The molecule has 0 aliphatic heterocycles. The normalized spacial score (nSPS) is 13.9. The smallest absolute Gasteiger partial charge is 0.0883 e. The lowest BCUT2D eigenvalue weighted by Gasteiger charge is -2.05. The molecule has 0 fully saturated rings. The summed E-state index contributed by atoms with van der Waals surface area (Å²) in [5.74, 6) is 0. The fourth-order valence-corrected chi connectivity index (χ4v) is 0.683. The molecule has 0 heterocycles. The Hall–Kier alpha value is -1.09. The maximum Gasteiger partial charge on any atom is 0.0883 e. The molecule has 0 aromatic carbocycles. The Morgan fingerprint density at radius 2 is 2.33 bits per heavy atom. The third-order valence-corrected chi connectivity index (χ3v) is 1.29. The zero-order chi connectivity index (χ0) is 9.40. The number of hydrogen-bond donors (Lipinski definition) is 1. The number of rotatable bonds is 5. The number of aliphatic imine (C=N–C) groups is 1. The largest absolute Gasteiger partial charge is 0.389 e. The van der Waals surface area contributed by atoms with Crippen LogP contribution in [0.2, 0.25) is 0 Å². The van der Waals surface area contributed by atoms with E-state index in [9.17, 15) is 0 Å². The van der Waals surface area contributed by atoms with Gasteiger partial charge >= 0.3 is 0 Å². The van der Waals surface area contributed by atoms with E-state index >= 15 is 0 Å². The summed E-state index contributed by atoms with van der Waals surface area (Å²) in [7, 11) is 3.59. The monoisotopic (exact) mass is 168 g/mol. The van der Waals surface area contributed by atoms with Crippen LogP contribution < -0.4 is 0 Å². The SMILES string of the molecule is C=CC(O)C/C=C/N(C)C=NC. The lowest BCUT2D eigenvalue weighted by atomic mass is 10.2. The van der Waals surface area contributed by atoms with Gasteiger partial charge in [-0.25, -0.2) is 0 Å². The van der Waals surface area contributed by atoms with Gasteiger partial charge in [0.25, 0.3) is 0 Å². The van der Waals surface area contributed by atoms with Gasteiger partial charge in [0.05, 0.1) is 12.4 Å². The topological polar surface area (TPSA) is 35.8 Å². The van der Waals surface area contributed by atoms with Crippen LogP contribution in [0.5, 0.6) is 0 Å². The van der Waals surface area contributed by atoms with Gasteiger partial charge in [-0.05, 0) is 6.42 Å². The van der Waals surface area contributed by atoms with Crippen molar-refractivity contribution in [2.75, 3.05) is 14.1 Å². The molecule has 68 valence electrons. The predicted octanol–water partition coefficient (Wildman–Crippen LogP) is 1.03. The second kappa shape index (κ2) is 6.61. The Kier molecular flexibility index (Phi) is 6.01. The molecule has 0 aliphatic rings. The van der Waals surface area contributed by atoms with Crippen molar-refractivity contribution < 1.29 is 5.11 Å². The van der Waals surface area contributed by atoms with Crippen molar-refractivity contribution in [3.63, 3.8) is 0 Å². The van der Waals surface area contributed by atoms with Crippen LogP contribution in [0, 0.1) is 0 Å². The predicted molar refractivity (Wildman–Crippen MR) is 52.1 cm³/mol. The van der Waals surface area contributed by atoms with Crippen LogP contribution in [0.4, 0.5) is 0 Å². The van der Waals surface area contributed by atoms with E-state index in [2.05, 4.69) is 11.6 Å². The molecule has 0 radical (unpaired) electrons. The Labute approximate surface area is 73.7 Å². The maximum absolute atomic E-state index is 9.08. The summed E-state index contributed by atoms with van der Waals surface area (Å²) in [6.07, 6.45) is 7.06. The Morgan fingerprint density at radius 3 is 2.83 bits per heavy atom. The molecule has 0 spiro atoms. The molecule has 0 bridgehead atoms. The molecule has 3 heteroatoms. The van der Waals surface area contributed by atoms with Gasteiger partial charge in [0.15, 0.2) is 0 Å². The standard InChI is InChI=1S/C9H16N2O/c1-4-9(12)6-5-7-11(3)8-10-2/h4-5,7-9,12H,1,6H2,2-3H3/b7-5+,10-8?. The average molecular weight is 168 g/mol. The summed E-state index contributed by atoms with van der Waals surface area (Å²) in [5.41, 5.74) is 0. The first kappa shape index (κ1) is 10.9. The first-order valence-electron chi connectivity index (χ1n) is 3.82. The molecule has 0 saturated carbocycles. The zero-order valence-corrected chi connectivity index (χ0v) is 7.64. The summed E-state index contributed by atoms with van der Waals surface area (Å²) in [4.78, 5) is 5.64. The van der Waals surface area contributed by atoms with E-state index in [0.29, 0.717) is 6.42 Å². The minimum atomic E-state index is -0.451. The van der Waals surface area contributed by atoms with Crippen LogP contribution >= 0.6 is 0 Å². The van der Waals surface area contributed by atoms with Crippen LogP contribution in [0.1, 0.15) is 6.42 Å². The molecular weight excluding hydrogens is 152 g/mol. The van der Waals surface area contributed by atoms with Crippen molar-refractivity contribution in [3.8, 4) is 0 Å². The van der Waals surface area contributed by atoms with Crippen LogP contribution in [0.3, 0.4) is 0 Å². The van der Waals surface area contributed by atoms with E-state index in [0.717, 1.165) is 0 Å². The quantitative estimate of drug-likeness (QED) is 0.378. The van der Waals surface area contributed by atoms with Gasteiger partial charge in [0.2, 0.25) is 0 Å². The minimum Gasteiger partial charge on any atom is -0.389 e. The van der Waals surface area contributed by atoms with Crippen molar-refractivity contribution in [2.24, 2.45) is 4.99 Å². The number of aliphatic hydroxyl groups excluding tert-OH is 1. The fraction of sp³-hybridized carbons (Fsp3) is 0.444. The van der Waals surface area contributed by atoms with E-state index in [1.54, 1.807) is 13.4 Å². The second-order valence-corrected chi connectivity index (χ2v) is 2.46. The highest BCUT2D eigenvalue weighted by molar-refractivity contribution is 5.55. The molecular formula is C9H16N2O. The molecule has 0 aromatic heterocycles. The summed E-state index contributed by atoms with van der Waals surface area (Å²) in [6.45, 7) is 3.47. The van der Waals surface area contributed by atoms with E-state index in [-0.39, 0.29) is 0 Å². The van der Waals surface area contributed by atoms with E-state index in [4.69, 9.17) is 5.11 Å².